The Bertz CT molecular complexity index is 590. The van der Waals surface area contributed by atoms with Crippen molar-refractivity contribution >= 4 is 17.5 Å². The van der Waals surface area contributed by atoms with Crippen molar-refractivity contribution in [3.8, 4) is 0 Å². The fraction of sp³-hybridized carbons (Fsp3) is 0.556. The van der Waals surface area contributed by atoms with E-state index in [1.807, 2.05) is 32.9 Å². The van der Waals surface area contributed by atoms with Crippen molar-refractivity contribution < 1.29 is 14.7 Å². The highest BCUT2D eigenvalue weighted by Gasteiger charge is 2.24. The zero-order chi connectivity index (χ0) is 17.0. The number of carbonyl (C=O) groups is 2. The molecule has 126 valence electrons. The Morgan fingerprint density at radius 2 is 1.87 bits per heavy atom. The molecule has 5 nitrogen and oxygen atoms in total. The van der Waals surface area contributed by atoms with E-state index in [0.717, 1.165) is 36.9 Å². The lowest BCUT2D eigenvalue weighted by molar-refractivity contribution is -0.136. The molecule has 0 saturated heterocycles. The van der Waals surface area contributed by atoms with Crippen LogP contribution in [0.25, 0.3) is 0 Å². The Labute approximate surface area is 137 Å². The Morgan fingerprint density at radius 1 is 1.17 bits per heavy atom. The first kappa shape index (κ1) is 17.5. The molecule has 1 aromatic rings. The monoisotopic (exact) mass is 318 g/mol. The van der Waals surface area contributed by atoms with Gasteiger partial charge in [-0.3, -0.25) is 9.59 Å². The number of rotatable bonds is 3. The number of anilines is 1. The molecule has 0 bridgehead atoms. The van der Waals surface area contributed by atoms with E-state index in [0.29, 0.717) is 0 Å². The summed E-state index contributed by atoms with van der Waals surface area (Å²) in [6.45, 7) is 5.68. The topological polar surface area (TPSA) is 78.4 Å². The van der Waals surface area contributed by atoms with Gasteiger partial charge in [-0.1, -0.05) is 32.9 Å². The number of benzene rings is 1. The van der Waals surface area contributed by atoms with Crippen molar-refractivity contribution in [2.45, 2.75) is 52.6 Å². The predicted molar refractivity (Wildman–Crippen MR) is 90.2 cm³/mol. The van der Waals surface area contributed by atoms with Crippen molar-refractivity contribution in [1.29, 1.82) is 0 Å². The average Bonchev–Trinajstić information content (AvgIpc) is 2.51. The van der Waals surface area contributed by atoms with E-state index in [-0.39, 0.29) is 12.0 Å². The predicted octanol–water partition coefficient (Wildman–Crippen LogP) is 2.03. The maximum atomic E-state index is 12.1. The summed E-state index contributed by atoms with van der Waals surface area (Å²) in [7, 11) is 0. The maximum Gasteiger partial charge on any atom is 0.313 e. The van der Waals surface area contributed by atoms with Crippen LogP contribution in [0.4, 0.5) is 5.69 Å². The molecule has 0 saturated carbocycles. The minimum atomic E-state index is -0.721. The van der Waals surface area contributed by atoms with Gasteiger partial charge in [0.1, 0.15) is 0 Å². The first-order valence-electron chi connectivity index (χ1n) is 8.17. The summed E-state index contributed by atoms with van der Waals surface area (Å²) in [5.41, 5.74) is 2.76. The van der Waals surface area contributed by atoms with E-state index >= 15 is 0 Å². The van der Waals surface area contributed by atoms with Crippen LogP contribution in [0.5, 0.6) is 0 Å². The van der Waals surface area contributed by atoms with Crippen molar-refractivity contribution in [3.63, 3.8) is 0 Å². The lowest BCUT2D eigenvalue weighted by Crippen LogP contribution is -2.43. The Morgan fingerprint density at radius 3 is 2.57 bits per heavy atom. The van der Waals surface area contributed by atoms with Gasteiger partial charge in [0.15, 0.2) is 0 Å². The minimum absolute atomic E-state index is 0.0582. The standard InChI is InChI=1S/C18H26N2O3/c1-18(2,3)15(21)11-19-16(22)17(23)20-14-10-6-8-12-7-4-5-9-13(12)14/h6,8,10,15,21H,4-5,7,9,11H2,1-3H3,(H,19,22)(H,20,23)/t15-/m1/s1. The molecular weight excluding hydrogens is 292 g/mol. The van der Waals surface area contributed by atoms with E-state index in [1.165, 1.54) is 5.56 Å². The first-order valence-corrected chi connectivity index (χ1v) is 8.17. The van der Waals surface area contributed by atoms with Gasteiger partial charge in [-0.15, -0.1) is 0 Å². The molecule has 1 aliphatic carbocycles. The summed E-state index contributed by atoms with van der Waals surface area (Å²) in [5.74, 6) is -1.41. The molecule has 2 rings (SSSR count). The molecule has 0 aliphatic heterocycles. The molecule has 0 aromatic heterocycles. The number of carbonyl (C=O) groups excluding carboxylic acids is 2. The van der Waals surface area contributed by atoms with Gasteiger partial charge in [0, 0.05) is 12.2 Å². The number of amides is 2. The van der Waals surface area contributed by atoms with E-state index in [9.17, 15) is 14.7 Å². The van der Waals surface area contributed by atoms with E-state index < -0.39 is 17.9 Å². The highest BCUT2D eigenvalue weighted by molar-refractivity contribution is 6.39. The van der Waals surface area contributed by atoms with E-state index in [2.05, 4.69) is 16.7 Å². The molecule has 0 fully saturated rings. The van der Waals surface area contributed by atoms with Gasteiger partial charge in [-0.2, -0.15) is 0 Å². The molecule has 2 amide bonds. The molecule has 0 heterocycles. The maximum absolute atomic E-state index is 12.1. The molecular formula is C18H26N2O3. The molecule has 1 aliphatic rings. The van der Waals surface area contributed by atoms with Crippen LogP contribution >= 0.6 is 0 Å². The summed E-state index contributed by atoms with van der Waals surface area (Å²) in [6, 6.07) is 5.81. The van der Waals surface area contributed by atoms with E-state index in [4.69, 9.17) is 0 Å². The Hall–Kier alpha value is -1.88. The van der Waals surface area contributed by atoms with Crippen molar-refractivity contribution in [2.75, 3.05) is 11.9 Å². The van der Waals surface area contributed by atoms with Crippen molar-refractivity contribution in [2.24, 2.45) is 5.41 Å². The fourth-order valence-electron chi connectivity index (χ4n) is 2.65. The molecule has 0 unspecified atom stereocenters. The number of hydrogen-bond donors (Lipinski definition) is 3. The zero-order valence-corrected chi connectivity index (χ0v) is 14.1. The second-order valence-corrected chi connectivity index (χ2v) is 7.20. The van der Waals surface area contributed by atoms with Gasteiger partial charge in [0.25, 0.3) is 0 Å². The number of aliphatic hydroxyl groups is 1. The third-order valence-electron chi connectivity index (χ3n) is 4.31. The molecule has 0 spiro atoms. The lowest BCUT2D eigenvalue weighted by atomic mass is 9.89. The number of aryl methyl sites for hydroxylation is 1. The first-order chi connectivity index (χ1) is 10.8. The summed E-state index contributed by atoms with van der Waals surface area (Å²) in [4.78, 5) is 24.0. The Balaban J connectivity index is 1.96. The SMILES string of the molecule is CC(C)(C)[C@H](O)CNC(=O)C(=O)Nc1cccc2c1CCCC2. The fourth-order valence-corrected chi connectivity index (χ4v) is 2.65. The van der Waals surface area contributed by atoms with Crippen LogP contribution in [0.1, 0.15) is 44.7 Å². The van der Waals surface area contributed by atoms with Gasteiger partial charge in [-0.25, -0.2) is 0 Å². The molecule has 23 heavy (non-hydrogen) atoms. The van der Waals surface area contributed by atoms with Gasteiger partial charge in [0.2, 0.25) is 0 Å². The van der Waals surface area contributed by atoms with Crippen molar-refractivity contribution in [3.05, 3.63) is 29.3 Å². The van der Waals surface area contributed by atoms with Crippen LogP contribution in [0.2, 0.25) is 0 Å². The minimum Gasteiger partial charge on any atom is -0.391 e. The second-order valence-electron chi connectivity index (χ2n) is 7.20. The van der Waals surface area contributed by atoms with Crippen molar-refractivity contribution in [1.82, 2.24) is 5.32 Å². The number of fused-ring (bicyclic) bond motifs is 1. The summed E-state index contributed by atoms with van der Waals surface area (Å²) in [5, 5.41) is 15.1. The number of nitrogens with one attached hydrogen (secondary N) is 2. The van der Waals surface area contributed by atoms with Crippen LogP contribution in [-0.4, -0.2) is 29.6 Å². The summed E-state index contributed by atoms with van der Waals surface area (Å²) in [6.07, 6.45) is 3.50. The Kier molecular flexibility index (Phi) is 5.42. The van der Waals surface area contributed by atoms with Crippen LogP contribution < -0.4 is 10.6 Å². The molecule has 3 N–H and O–H groups in total. The van der Waals surface area contributed by atoms with Crippen LogP contribution in [0, 0.1) is 5.41 Å². The molecule has 1 atom stereocenters. The van der Waals surface area contributed by atoms with E-state index in [1.54, 1.807) is 0 Å². The molecule has 0 radical (unpaired) electrons. The van der Waals surface area contributed by atoms with Crippen LogP contribution in [0.15, 0.2) is 18.2 Å². The van der Waals surface area contributed by atoms with Gasteiger partial charge >= 0.3 is 11.8 Å². The lowest BCUT2D eigenvalue weighted by Gasteiger charge is -2.25. The quantitative estimate of drug-likeness (QED) is 0.746. The summed E-state index contributed by atoms with van der Waals surface area (Å²) >= 11 is 0. The molecule has 1 aromatic carbocycles. The number of aliphatic hydroxyl groups excluding tert-OH is 1. The second kappa shape index (κ2) is 7.13. The average molecular weight is 318 g/mol. The summed E-state index contributed by atoms with van der Waals surface area (Å²) < 4.78 is 0. The largest absolute Gasteiger partial charge is 0.391 e. The highest BCUT2D eigenvalue weighted by Crippen LogP contribution is 2.27. The van der Waals surface area contributed by atoms with Crippen LogP contribution in [-0.2, 0) is 22.4 Å². The van der Waals surface area contributed by atoms with Gasteiger partial charge in [-0.05, 0) is 48.3 Å². The normalized spacial score (nSPS) is 15.5. The number of hydrogen-bond acceptors (Lipinski definition) is 3. The van der Waals surface area contributed by atoms with Crippen LogP contribution in [0.3, 0.4) is 0 Å². The highest BCUT2D eigenvalue weighted by atomic mass is 16.3. The smallest absolute Gasteiger partial charge is 0.313 e. The third-order valence-corrected chi connectivity index (χ3v) is 4.31. The van der Waals surface area contributed by atoms with Gasteiger partial charge in [0.05, 0.1) is 6.10 Å². The third kappa shape index (κ3) is 4.55. The zero-order valence-electron chi connectivity index (χ0n) is 14.1. The molecule has 5 heteroatoms. The van der Waals surface area contributed by atoms with Gasteiger partial charge < -0.3 is 15.7 Å².